The Morgan fingerprint density at radius 1 is 1.05 bits per heavy atom. The first-order valence-corrected chi connectivity index (χ1v) is 6.55. The number of esters is 1. The first-order valence-electron chi connectivity index (χ1n) is 6.55. The Morgan fingerprint density at radius 2 is 1.67 bits per heavy atom. The average molecular weight is 295 g/mol. The molecule has 1 aromatic carbocycles. The van der Waals surface area contributed by atoms with Gasteiger partial charge in [0.1, 0.15) is 6.04 Å². The average Bonchev–Trinajstić information content (AvgIpc) is 2.50. The van der Waals surface area contributed by atoms with Gasteiger partial charge in [0.05, 0.1) is 21.3 Å². The molecule has 0 saturated heterocycles. The van der Waals surface area contributed by atoms with Crippen molar-refractivity contribution in [3.05, 3.63) is 23.8 Å². The molecule has 1 N–H and O–H groups in total. The van der Waals surface area contributed by atoms with Crippen LogP contribution in [0, 0.1) is 5.92 Å². The molecule has 0 aliphatic rings. The SMILES string of the molecule is COC(=O)[C@@H](NC(=O)c1ccc(OC)c(OC)c1)C(C)C. The number of methoxy groups -OCH3 is 3. The zero-order valence-electron chi connectivity index (χ0n) is 12.9. The van der Waals surface area contributed by atoms with Crippen molar-refractivity contribution in [2.75, 3.05) is 21.3 Å². The van der Waals surface area contributed by atoms with Crippen LogP contribution in [0.5, 0.6) is 11.5 Å². The van der Waals surface area contributed by atoms with Crippen molar-refractivity contribution in [2.45, 2.75) is 19.9 Å². The number of ether oxygens (including phenoxy) is 3. The van der Waals surface area contributed by atoms with Crippen molar-refractivity contribution in [3.8, 4) is 11.5 Å². The largest absolute Gasteiger partial charge is 0.493 e. The molecule has 21 heavy (non-hydrogen) atoms. The zero-order valence-corrected chi connectivity index (χ0v) is 12.9. The highest BCUT2D eigenvalue weighted by Crippen LogP contribution is 2.27. The van der Waals surface area contributed by atoms with Crippen molar-refractivity contribution in [1.82, 2.24) is 5.32 Å². The molecule has 1 atom stereocenters. The van der Waals surface area contributed by atoms with Crippen LogP contribution < -0.4 is 14.8 Å². The van der Waals surface area contributed by atoms with Crippen LogP contribution in [-0.4, -0.2) is 39.2 Å². The number of carbonyl (C=O) groups excluding carboxylic acids is 2. The number of benzene rings is 1. The lowest BCUT2D eigenvalue weighted by atomic mass is 10.0. The molecule has 6 heteroatoms. The van der Waals surface area contributed by atoms with E-state index in [0.717, 1.165) is 0 Å². The van der Waals surface area contributed by atoms with E-state index in [4.69, 9.17) is 14.2 Å². The van der Waals surface area contributed by atoms with E-state index in [1.165, 1.54) is 21.3 Å². The number of hydrogen-bond acceptors (Lipinski definition) is 5. The van der Waals surface area contributed by atoms with Gasteiger partial charge in [-0.15, -0.1) is 0 Å². The zero-order chi connectivity index (χ0) is 16.0. The predicted molar refractivity (Wildman–Crippen MR) is 77.7 cm³/mol. The monoisotopic (exact) mass is 295 g/mol. The number of hydrogen-bond donors (Lipinski definition) is 1. The molecule has 0 aromatic heterocycles. The Morgan fingerprint density at radius 3 is 2.14 bits per heavy atom. The molecule has 1 aromatic rings. The summed E-state index contributed by atoms with van der Waals surface area (Å²) < 4.78 is 15.0. The minimum atomic E-state index is -0.699. The molecule has 0 heterocycles. The molecular weight excluding hydrogens is 274 g/mol. The van der Waals surface area contributed by atoms with Gasteiger partial charge in [0.25, 0.3) is 5.91 Å². The molecule has 0 fully saturated rings. The summed E-state index contributed by atoms with van der Waals surface area (Å²) in [5.41, 5.74) is 0.377. The maximum Gasteiger partial charge on any atom is 0.328 e. The normalized spacial score (nSPS) is 11.7. The van der Waals surface area contributed by atoms with E-state index < -0.39 is 12.0 Å². The van der Waals surface area contributed by atoms with E-state index in [0.29, 0.717) is 17.1 Å². The molecular formula is C15H21NO5. The maximum absolute atomic E-state index is 12.2. The summed E-state index contributed by atoms with van der Waals surface area (Å²) in [4.78, 5) is 23.9. The second-order valence-electron chi connectivity index (χ2n) is 4.79. The van der Waals surface area contributed by atoms with E-state index in [1.54, 1.807) is 18.2 Å². The van der Waals surface area contributed by atoms with E-state index >= 15 is 0 Å². The van der Waals surface area contributed by atoms with Gasteiger partial charge in [-0.3, -0.25) is 4.79 Å². The summed E-state index contributed by atoms with van der Waals surface area (Å²) >= 11 is 0. The third-order valence-corrected chi connectivity index (χ3v) is 3.05. The summed E-state index contributed by atoms with van der Waals surface area (Å²) in [6.07, 6.45) is 0. The van der Waals surface area contributed by atoms with Gasteiger partial charge >= 0.3 is 5.97 Å². The van der Waals surface area contributed by atoms with Gasteiger partial charge in [-0.25, -0.2) is 4.79 Å². The van der Waals surface area contributed by atoms with E-state index in [1.807, 2.05) is 13.8 Å². The van der Waals surface area contributed by atoms with Crippen molar-refractivity contribution in [2.24, 2.45) is 5.92 Å². The lowest BCUT2D eigenvalue weighted by Gasteiger charge is -2.20. The lowest BCUT2D eigenvalue weighted by Crippen LogP contribution is -2.45. The molecule has 0 saturated carbocycles. The van der Waals surface area contributed by atoms with Crippen LogP contribution in [0.25, 0.3) is 0 Å². The molecule has 0 unspecified atom stereocenters. The molecule has 116 valence electrons. The van der Waals surface area contributed by atoms with Crippen LogP contribution in [0.3, 0.4) is 0 Å². The van der Waals surface area contributed by atoms with Gasteiger partial charge in [0.2, 0.25) is 0 Å². The second-order valence-corrected chi connectivity index (χ2v) is 4.79. The molecule has 1 rings (SSSR count). The molecule has 0 radical (unpaired) electrons. The van der Waals surface area contributed by atoms with Crippen LogP contribution in [0.2, 0.25) is 0 Å². The number of carbonyl (C=O) groups is 2. The fourth-order valence-corrected chi connectivity index (χ4v) is 1.83. The summed E-state index contributed by atoms with van der Waals surface area (Å²) in [6, 6.07) is 4.10. The maximum atomic E-state index is 12.2. The Balaban J connectivity index is 2.95. The Kier molecular flexibility index (Phi) is 6.02. The molecule has 0 aliphatic carbocycles. The second kappa shape index (κ2) is 7.52. The molecule has 0 bridgehead atoms. The highest BCUT2D eigenvalue weighted by atomic mass is 16.5. The van der Waals surface area contributed by atoms with E-state index in [-0.39, 0.29) is 11.8 Å². The minimum absolute atomic E-state index is 0.0819. The van der Waals surface area contributed by atoms with Crippen molar-refractivity contribution in [3.63, 3.8) is 0 Å². The van der Waals surface area contributed by atoms with Gasteiger partial charge in [-0.2, -0.15) is 0 Å². The molecule has 1 amide bonds. The van der Waals surface area contributed by atoms with Crippen molar-refractivity contribution < 1.29 is 23.8 Å². The van der Waals surface area contributed by atoms with Gasteiger partial charge in [-0.1, -0.05) is 13.8 Å². The first kappa shape index (κ1) is 16.8. The third-order valence-electron chi connectivity index (χ3n) is 3.05. The van der Waals surface area contributed by atoms with Crippen LogP contribution in [-0.2, 0) is 9.53 Å². The standard InChI is InChI=1S/C15H21NO5/c1-9(2)13(15(18)21-5)16-14(17)10-6-7-11(19-3)12(8-10)20-4/h6-9,13H,1-5H3,(H,16,17)/t13-/m0/s1. The van der Waals surface area contributed by atoms with E-state index in [2.05, 4.69) is 5.32 Å². The Hall–Kier alpha value is -2.24. The Bertz CT molecular complexity index is 513. The highest BCUT2D eigenvalue weighted by Gasteiger charge is 2.25. The lowest BCUT2D eigenvalue weighted by molar-refractivity contribution is -0.144. The number of amides is 1. The Labute approximate surface area is 124 Å². The highest BCUT2D eigenvalue weighted by molar-refractivity contribution is 5.97. The molecule has 0 aliphatic heterocycles. The summed E-state index contributed by atoms with van der Waals surface area (Å²) in [5, 5.41) is 2.66. The summed E-state index contributed by atoms with van der Waals surface area (Å²) in [6.45, 7) is 3.66. The summed E-state index contributed by atoms with van der Waals surface area (Å²) in [5.74, 6) is 0.0483. The minimum Gasteiger partial charge on any atom is -0.493 e. The van der Waals surface area contributed by atoms with Gasteiger partial charge in [0.15, 0.2) is 11.5 Å². The van der Waals surface area contributed by atoms with Crippen LogP contribution in [0.15, 0.2) is 18.2 Å². The number of rotatable bonds is 6. The van der Waals surface area contributed by atoms with Crippen LogP contribution in [0.4, 0.5) is 0 Å². The first-order chi connectivity index (χ1) is 9.94. The predicted octanol–water partition coefficient (Wildman–Crippen LogP) is 1.63. The molecule has 0 spiro atoms. The quantitative estimate of drug-likeness (QED) is 0.807. The summed E-state index contributed by atoms with van der Waals surface area (Å²) in [7, 11) is 4.30. The number of nitrogens with one attached hydrogen (secondary N) is 1. The van der Waals surface area contributed by atoms with Crippen molar-refractivity contribution >= 4 is 11.9 Å². The smallest absolute Gasteiger partial charge is 0.328 e. The van der Waals surface area contributed by atoms with Crippen molar-refractivity contribution in [1.29, 1.82) is 0 Å². The molecule has 6 nitrogen and oxygen atoms in total. The fourth-order valence-electron chi connectivity index (χ4n) is 1.83. The van der Waals surface area contributed by atoms with Crippen LogP contribution >= 0.6 is 0 Å². The fraction of sp³-hybridized carbons (Fsp3) is 0.467. The van der Waals surface area contributed by atoms with Gasteiger partial charge < -0.3 is 19.5 Å². The van der Waals surface area contributed by atoms with Crippen LogP contribution in [0.1, 0.15) is 24.2 Å². The van der Waals surface area contributed by atoms with Gasteiger partial charge in [0, 0.05) is 5.56 Å². The van der Waals surface area contributed by atoms with Gasteiger partial charge in [-0.05, 0) is 24.1 Å². The topological polar surface area (TPSA) is 73.9 Å². The van der Waals surface area contributed by atoms with E-state index in [9.17, 15) is 9.59 Å². The third kappa shape index (κ3) is 4.11.